The zero-order chi connectivity index (χ0) is 58.9. The van der Waals surface area contributed by atoms with Crippen LogP contribution in [0.15, 0.2) is 30.3 Å². The van der Waals surface area contributed by atoms with E-state index in [0.717, 1.165) is 43.9 Å². The van der Waals surface area contributed by atoms with Gasteiger partial charge in [0.1, 0.15) is 47.5 Å². The summed E-state index contributed by atoms with van der Waals surface area (Å²) in [6.07, 6.45) is 8.57. The number of ether oxygens (including phenoxy) is 1. The number of carbonyl (C=O) groups excluding carboxylic acids is 8. The topological polar surface area (TPSA) is 378 Å². The minimum absolute atomic E-state index is 0. The van der Waals surface area contributed by atoms with E-state index in [-0.39, 0.29) is 36.1 Å². The van der Waals surface area contributed by atoms with Gasteiger partial charge in [-0.2, -0.15) is 0 Å². The van der Waals surface area contributed by atoms with Gasteiger partial charge in [0, 0.05) is 32.7 Å². The van der Waals surface area contributed by atoms with E-state index in [1.807, 2.05) is 79.3 Å². The lowest BCUT2D eigenvalue weighted by molar-refractivity contribution is -0.129. The van der Waals surface area contributed by atoms with Gasteiger partial charge in [-0.05, 0) is 119 Å². The average molecular weight is 1030 g/mol. The predicted molar refractivity (Wildman–Crippen MR) is 313 cm³/mol. The molecule has 18 N–H and O–H groups in total. The molecule has 0 saturated carbocycles. The van der Waals surface area contributed by atoms with Gasteiger partial charge in [0.25, 0.3) is 0 Å². The highest BCUT2D eigenvalue weighted by Crippen LogP contribution is 2.08. The van der Waals surface area contributed by atoms with E-state index >= 15 is 0 Å². The second-order valence-corrected chi connectivity index (χ2v) is 13.5. The maximum Gasteiger partial charge on any atom is 0.219 e. The van der Waals surface area contributed by atoms with Gasteiger partial charge in [0.15, 0.2) is 0 Å². The molecule has 1 heterocycles. The summed E-state index contributed by atoms with van der Waals surface area (Å²) >= 11 is 0. The van der Waals surface area contributed by atoms with Crippen LogP contribution in [0.25, 0.3) is 0 Å². The predicted octanol–water partition coefficient (Wildman–Crippen LogP) is 10.2. The molecule has 0 aromatic heterocycles. The average Bonchev–Trinajstić information content (AvgIpc) is 3.39. The Bertz CT molecular complexity index is 742. The lowest BCUT2D eigenvalue weighted by atomic mass is 10.1. The number of hydrogen-bond donors (Lipinski definition) is 8. The third-order valence-electron chi connectivity index (χ3n) is 6.08. The Kier molecular flexibility index (Phi) is 330. The molecule has 1 saturated heterocycles. The third-order valence-corrected chi connectivity index (χ3v) is 6.08. The van der Waals surface area contributed by atoms with Crippen molar-refractivity contribution in [1.82, 2.24) is 23.4 Å². The van der Waals surface area contributed by atoms with Crippen LogP contribution in [-0.2, 0) is 49.5 Å². The van der Waals surface area contributed by atoms with Crippen molar-refractivity contribution in [3.63, 3.8) is 0 Å². The quantitative estimate of drug-likeness (QED) is 0.136. The molecule has 1 aliphatic heterocycles. The summed E-state index contributed by atoms with van der Waals surface area (Å²) in [6, 6.07) is 10.5. The van der Waals surface area contributed by atoms with Gasteiger partial charge >= 0.3 is 0 Å². The lowest BCUT2D eigenvalue weighted by Gasteiger charge is -2.24. The molecule has 0 aliphatic carbocycles. The van der Waals surface area contributed by atoms with Gasteiger partial charge in [0.2, 0.25) is 5.91 Å². The fourth-order valence-corrected chi connectivity index (χ4v) is 2.36. The molecular weight excluding hydrogens is 897 g/mol. The molecule has 1 aromatic carbocycles. The zero-order valence-corrected chi connectivity index (χ0v) is 50.7. The lowest BCUT2D eigenvalue weighted by Crippen LogP contribution is -2.33. The molecule has 18 nitrogen and oxygen atoms in total. The van der Waals surface area contributed by atoms with Crippen LogP contribution in [0.2, 0.25) is 0 Å². The van der Waals surface area contributed by atoms with Crippen molar-refractivity contribution in [3.8, 4) is 0 Å². The number of rotatable bonds is 5. The normalized spacial score (nSPS) is 8.20. The maximum absolute atomic E-state index is 10.7. The molecule has 0 spiro atoms. The van der Waals surface area contributed by atoms with Crippen LogP contribution in [0.4, 0.5) is 0 Å². The number of carbonyl (C=O) groups is 8. The van der Waals surface area contributed by atoms with Crippen LogP contribution in [0.3, 0.4) is 0 Å². The van der Waals surface area contributed by atoms with E-state index < -0.39 is 0 Å². The van der Waals surface area contributed by atoms with Crippen molar-refractivity contribution in [2.45, 2.75) is 188 Å². The van der Waals surface area contributed by atoms with Gasteiger partial charge in [-0.3, -0.25) is 4.79 Å². The summed E-state index contributed by atoms with van der Waals surface area (Å²) < 4.78 is 5.23. The Morgan fingerprint density at radius 2 is 0.743 bits per heavy atom. The SMILES string of the molecule is C=O.C=O.C=O.C=O.C=O.C=O.C=O.CC.CC(=O)N1CCCCC1.CC(C)O.CCC(C)C.CCC(C)C.CCC(C)C.CCOC(C)(C)C.CCc1ccccc1.CN.CN.CN.CN.N.N.N. The Hall–Kier alpha value is -3.98. The van der Waals surface area contributed by atoms with Crippen LogP contribution in [0.1, 0.15) is 176 Å². The molecule has 1 aliphatic rings. The second-order valence-electron chi connectivity index (χ2n) is 13.5. The zero-order valence-electron chi connectivity index (χ0n) is 50.7. The number of aliphatic hydroxyl groups excluding tert-OH is 1. The summed E-state index contributed by atoms with van der Waals surface area (Å²) in [5, 5.41) is 8.06. The van der Waals surface area contributed by atoms with Crippen LogP contribution >= 0.6 is 0 Å². The van der Waals surface area contributed by atoms with E-state index in [0.29, 0.717) is 0 Å². The van der Waals surface area contributed by atoms with Crippen molar-refractivity contribution < 1.29 is 48.2 Å². The third kappa shape index (κ3) is 324. The summed E-state index contributed by atoms with van der Waals surface area (Å²) in [5.41, 5.74) is 19.5. The standard InChI is InChI=1S/C8H10.C7H13NO.C6H14O.3C5H12.C3H8O.C2H6.4CH5N.7CH2O.3H3N/c1-2-8-6-4-3-5-7-8;1-7(9)8-5-3-2-4-6-8;1-5-7-6(2,3)4;3*1-4-5(2)3;1-3(2)4;12*1-2;;;/h3-7H,2H2,1H3;2-6H2,1H3;5H2,1-4H3;3*5H,4H2,1-3H3;3-4H,1-2H3;1-2H3;4*2H2,1H3;7*1H2;3*1H3. The molecule has 1 fully saturated rings. The first kappa shape index (κ1) is 132. The van der Waals surface area contributed by atoms with Gasteiger partial charge in [0.05, 0.1) is 5.60 Å². The van der Waals surface area contributed by atoms with E-state index in [1.165, 1.54) is 72.3 Å². The number of nitrogens with zero attached hydrogens (tertiary/aromatic N) is 1. The van der Waals surface area contributed by atoms with Crippen molar-refractivity contribution in [2.24, 2.45) is 40.7 Å². The number of piperidine rings is 1. The van der Waals surface area contributed by atoms with E-state index in [1.54, 1.807) is 20.8 Å². The van der Waals surface area contributed by atoms with E-state index in [9.17, 15) is 4.79 Å². The van der Waals surface area contributed by atoms with Gasteiger partial charge in [-0.15, -0.1) is 0 Å². The Labute approximate surface area is 436 Å². The first-order valence-electron chi connectivity index (χ1n) is 22.8. The van der Waals surface area contributed by atoms with Crippen LogP contribution in [-0.4, -0.2) is 123 Å². The van der Waals surface area contributed by atoms with Crippen molar-refractivity contribution in [3.05, 3.63) is 35.9 Å². The van der Waals surface area contributed by atoms with Gasteiger partial charge in [-0.1, -0.05) is 133 Å². The molecule has 1 aromatic rings. The minimum atomic E-state index is -0.167. The Morgan fingerprint density at radius 3 is 0.829 bits per heavy atom. The summed E-state index contributed by atoms with van der Waals surface area (Å²) in [5.74, 6) is 2.88. The largest absolute Gasteiger partial charge is 0.394 e. The Morgan fingerprint density at radius 1 is 0.543 bits per heavy atom. The molecule has 0 radical (unpaired) electrons. The molecule has 0 atom stereocenters. The highest BCUT2D eigenvalue weighted by molar-refractivity contribution is 5.73. The molecular formula is C52H130N8O10. The van der Waals surface area contributed by atoms with Crippen molar-refractivity contribution >= 4 is 53.4 Å². The molecule has 70 heavy (non-hydrogen) atoms. The van der Waals surface area contributed by atoms with Gasteiger partial charge in [-0.25, -0.2) is 0 Å². The number of hydrogen-bond acceptors (Lipinski definition) is 17. The number of likely N-dealkylation sites (tertiary alicyclic amines) is 1. The highest BCUT2D eigenvalue weighted by Gasteiger charge is 2.11. The first-order valence-corrected chi connectivity index (χ1v) is 22.8. The second kappa shape index (κ2) is 175. The number of aryl methyl sites for hydroxylation is 1. The van der Waals surface area contributed by atoms with Gasteiger partial charge < -0.3 is 89.7 Å². The monoisotopic (exact) mass is 1030 g/mol. The van der Waals surface area contributed by atoms with Crippen LogP contribution < -0.4 is 41.4 Å². The minimum Gasteiger partial charge on any atom is -0.394 e. The summed E-state index contributed by atoms with van der Waals surface area (Å²) in [7, 11) is 6.00. The Balaban J connectivity index is -0.0000000216. The van der Waals surface area contributed by atoms with Crippen LogP contribution in [0, 0.1) is 17.8 Å². The number of nitrogens with two attached hydrogens (primary N) is 4. The summed E-state index contributed by atoms with van der Waals surface area (Å²) in [4.78, 5) is 68.6. The highest BCUT2D eigenvalue weighted by atomic mass is 16.5. The molecule has 2 rings (SSSR count). The number of aliphatic hydroxyl groups is 1. The van der Waals surface area contributed by atoms with Crippen LogP contribution in [0.5, 0.6) is 0 Å². The summed E-state index contributed by atoms with van der Waals surface area (Å²) in [6.45, 7) is 56.1. The molecule has 438 valence electrons. The number of amides is 1. The first-order chi connectivity index (χ1) is 31.8. The smallest absolute Gasteiger partial charge is 0.219 e. The fourth-order valence-electron chi connectivity index (χ4n) is 2.36. The van der Waals surface area contributed by atoms with Crippen molar-refractivity contribution in [1.29, 1.82) is 0 Å². The molecule has 0 bridgehead atoms. The molecule has 18 heteroatoms. The van der Waals surface area contributed by atoms with E-state index in [2.05, 4.69) is 137 Å². The van der Waals surface area contributed by atoms with E-state index in [4.69, 9.17) is 43.4 Å². The fraction of sp³-hybridized carbons (Fsp3) is 0.731. The van der Waals surface area contributed by atoms with Crippen molar-refractivity contribution in [2.75, 3.05) is 47.9 Å². The molecule has 0 unspecified atom stereocenters. The molecule has 1 amide bonds. The number of benzene rings is 1. The maximum atomic E-state index is 10.7.